The van der Waals surface area contributed by atoms with Gasteiger partial charge in [0.1, 0.15) is 5.76 Å². The Morgan fingerprint density at radius 2 is 2.27 bits per heavy atom. The Bertz CT molecular complexity index is 665. The number of urea groups is 1. The molecule has 1 atom stereocenters. The lowest BCUT2D eigenvalue weighted by Gasteiger charge is -2.29. The lowest BCUT2D eigenvalue weighted by atomic mass is 10.1. The van der Waals surface area contributed by atoms with Gasteiger partial charge in [0.2, 0.25) is 0 Å². The number of carbonyl (C=O) groups is 1. The van der Waals surface area contributed by atoms with E-state index >= 15 is 0 Å². The predicted molar refractivity (Wildman–Crippen MR) is 84.8 cm³/mol. The summed E-state index contributed by atoms with van der Waals surface area (Å²) in [5.41, 5.74) is 2.61. The minimum atomic E-state index is -0.114. The molecule has 1 aliphatic carbocycles. The number of carbonyl (C=O) groups excluding carboxylic acids is 1. The average molecular weight is 299 g/mol. The molecule has 5 heteroatoms. The van der Waals surface area contributed by atoms with E-state index < -0.39 is 0 Å². The summed E-state index contributed by atoms with van der Waals surface area (Å²) in [4.78, 5) is 14.6. The number of rotatable bonds is 4. The van der Waals surface area contributed by atoms with Gasteiger partial charge in [0, 0.05) is 12.6 Å². The number of aryl methyl sites for hydroxylation is 2. The van der Waals surface area contributed by atoms with Crippen molar-refractivity contribution in [2.75, 3.05) is 11.9 Å². The zero-order valence-electron chi connectivity index (χ0n) is 13.0. The van der Waals surface area contributed by atoms with Gasteiger partial charge >= 0.3 is 6.03 Å². The molecule has 116 valence electrons. The van der Waals surface area contributed by atoms with Gasteiger partial charge in [-0.15, -0.1) is 0 Å². The standard InChI is InChI=1S/C17H21N3O2/c1-3-10-20(17(21)18-16-11-12(2)22-19-16)15-9-8-13-6-4-5-7-14(13)15/h4-7,11,15H,3,8-10H2,1-2H3,(H,18,19,21)/t15-/m0/s1. The van der Waals surface area contributed by atoms with Gasteiger partial charge in [0.15, 0.2) is 5.82 Å². The number of nitrogens with zero attached hydrogens (tertiary/aromatic N) is 2. The summed E-state index contributed by atoms with van der Waals surface area (Å²) in [6, 6.07) is 10.1. The van der Waals surface area contributed by atoms with Crippen LogP contribution in [0.2, 0.25) is 0 Å². The molecule has 0 saturated heterocycles. The van der Waals surface area contributed by atoms with Gasteiger partial charge in [-0.3, -0.25) is 5.32 Å². The van der Waals surface area contributed by atoms with Crippen LogP contribution in [-0.4, -0.2) is 22.6 Å². The highest BCUT2D eigenvalue weighted by molar-refractivity contribution is 5.88. The number of hydrogen-bond acceptors (Lipinski definition) is 3. The number of amides is 2. The minimum Gasteiger partial charge on any atom is -0.360 e. The lowest BCUT2D eigenvalue weighted by molar-refractivity contribution is 0.187. The Morgan fingerprint density at radius 1 is 1.45 bits per heavy atom. The van der Waals surface area contributed by atoms with E-state index in [0.29, 0.717) is 11.6 Å². The summed E-state index contributed by atoms with van der Waals surface area (Å²) in [6.45, 7) is 4.61. The Hall–Kier alpha value is -2.30. The first-order valence-corrected chi connectivity index (χ1v) is 7.77. The van der Waals surface area contributed by atoms with Crippen LogP contribution in [0.1, 0.15) is 42.7 Å². The molecule has 2 amide bonds. The van der Waals surface area contributed by atoms with E-state index in [4.69, 9.17) is 4.52 Å². The molecule has 22 heavy (non-hydrogen) atoms. The monoisotopic (exact) mass is 299 g/mol. The van der Waals surface area contributed by atoms with Crippen molar-refractivity contribution in [3.05, 3.63) is 47.2 Å². The van der Waals surface area contributed by atoms with Gasteiger partial charge in [-0.1, -0.05) is 36.3 Å². The molecule has 3 rings (SSSR count). The Balaban J connectivity index is 1.79. The first kappa shape index (κ1) is 14.6. The molecule has 5 nitrogen and oxygen atoms in total. The predicted octanol–water partition coefficient (Wildman–Crippen LogP) is 3.91. The van der Waals surface area contributed by atoms with Crippen LogP contribution < -0.4 is 5.32 Å². The van der Waals surface area contributed by atoms with Crippen LogP contribution in [0.15, 0.2) is 34.9 Å². The van der Waals surface area contributed by atoms with E-state index in [2.05, 4.69) is 35.6 Å². The van der Waals surface area contributed by atoms with Gasteiger partial charge in [-0.2, -0.15) is 0 Å². The number of anilines is 1. The fraction of sp³-hybridized carbons (Fsp3) is 0.412. The second-order valence-electron chi connectivity index (χ2n) is 5.70. The van der Waals surface area contributed by atoms with E-state index in [0.717, 1.165) is 25.8 Å². The van der Waals surface area contributed by atoms with Crippen LogP contribution in [0, 0.1) is 6.92 Å². The van der Waals surface area contributed by atoms with Crippen LogP contribution in [0.3, 0.4) is 0 Å². The molecule has 0 aliphatic heterocycles. The highest BCUT2D eigenvalue weighted by Gasteiger charge is 2.30. The zero-order valence-corrected chi connectivity index (χ0v) is 13.0. The van der Waals surface area contributed by atoms with Gasteiger partial charge in [0.25, 0.3) is 0 Å². The van der Waals surface area contributed by atoms with Crippen LogP contribution in [0.4, 0.5) is 10.6 Å². The summed E-state index contributed by atoms with van der Waals surface area (Å²) in [5.74, 6) is 1.15. The van der Waals surface area contributed by atoms with Crippen LogP contribution >= 0.6 is 0 Å². The van der Waals surface area contributed by atoms with Crippen molar-refractivity contribution in [1.82, 2.24) is 10.1 Å². The molecular formula is C17H21N3O2. The second kappa shape index (κ2) is 6.22. The zero-order chi connectivity index (χ0) is 15.5. The molecule has 0 unspecified atom stereocenters. The third-order valence-corrected chi connectivity index (χ3v) is 4.07. The van der Waals surface area contributed by atoms with Crippen molar-refractivity contribution < 1.29 is 9.32 Å². The smallest absolute Gasteiger partial charge is 0.323 e. The SMILES string of the molecule is CCCN(C(=O)Nc1cc(C)on1)[C@H]1CCc2ccccc21. The van der Waals surface area contributed by atoms with E-state index in [9.17, 15) is 4.79 Å². The third kappa shape index (κ3) is 2.84. The fourth-order valence-electron chi connectivity index (χ4n) is 3.10. The maximum Gasteiger partial charge on any atom is 0.323 e. The normalized spacial score (nSPS) is 16.4. The molecule has 1 aromatic carbocycles. The first-order valence-electron chi connectivity index (χ1n) is 7.77. The van der Waals surface area contributed by atoms with Gasteiger partial charge < -0.3 is 9.42 Å². The molecule has 1 N–H and O–H groups in total. The molecular weight excluding hydrogens is 278 g/mol. The Labute approximate surface area is 130 Å². The molecule has 1 heterocycles. The van der Waals surface area contributed by atoms with Crippen LogP contribution in [0.25, 0.3) is 0 Å². The molecule has 0 fully saturated rings. The van der Waals surface area contributed by atoms with Crippen LogP contribution in [0.5, 0.6) is 0 Å². The maximum atomic E-state index is 12.6. The van der Waals surface area contributed by atoms with Crippen LogP contribution in [-0.2, 0) is 6.42 Å². The number of benzene rings is 1. The second-order valence-corrected chi connectivity index (χ2v) is 5.70. The molecule has 0 bridgehead atoms. The van der Waals surface area contributed by atoms with Gasteiger partial charge in [-0.05, 0) is 37.3 Å². The van der Waals surface area contributed by atoms with Gasteiger partial charge in [0.05, 0.1) is 6.04 Å². The molecule has 1 aliphatic rings. The topological polar surface area (TPSA) is 58.4 Å². The molecule has 1 aromatic heterocycles. The number of aromatic nitrogens is 1. The Morgan fingerprint density at radius 3 is 3.00 bits per heavy atom. The van der Waals surface area contributed by atoms with E-state index in [-0.39, 0.29) is 12.1 Å². The fourth-order valence-corrected chi connectivity index (χ4v) is 3.10. The lowest BCUT2D eigenvalue weighted by Crippen LogP contribution is -2.38. The molecule has 0 saturated carbocycles. The number of fused-ring (bicyclic) bond motifs is 1. The summed E-state index contributed by atoms with van der Waals surface area (Å²) >= 11 is 0. The summed E-state index contributed by atoms with van der Waals surface area (Å²) in [7, 11) is 0. The van der Waals surface area contributed by atoms with Gasteiger partial charge in [-0.25, -0.2) is 4.79 Å². The van der Waals surface area contributed by atoms with Crippen molar-refractivity contribution >= 4 is 11.8 Å². The van der Waals surface area contributed by atoms with Crippen molar-refractivity contribution in [3.63, 3.8) is 0 Å². The quantitative estimate of drug-likeness (QED) is 0.931. The maximum absolute atomic E-state index is 12.6. The van der Waals surface area contributed by atoms with Crippen molar-refractivity contribution in [1.29, 1.82) is 0 Å². The summed E-state index contributed by atoms with van der Waals surface area (Å²) in [5, 5.41) is 6.67. The highest BCUT2D eigenvalue weighted by atomic mass is 16.5. The third-order valence-electron chi connectivity index (χ3n) is 4.07. The number of nitrogens with one attached hydrogen (secondary N) is 1. The summed E-state index contributed by atoms with van der Waals surface area (Å²) in [6.07, 6.45) is 2.92. The van der Waals surface area contributed by atoms with Crippen molar-refractivity contribution in [2.45, 2.75) is 39.2 Å². The van der Waals surface area contributed by atoms with E-state index in [1.165, 1.54) is 11.1 Å². The largest absolute Gasteiger partial charge is 0.360 e. The average Bonchev–Trinajstić information content (AvgIpc) is 3.11. The summed E-state index contributed by atoms with van der Waals surface area (Å²) < 4.78 is 5.00. The molecule has 0 radical (unpaired) electrons. The molecule has 0 spiro atoms. The van der Waals surface area contributed by atoms with Crippen molar-refractivity contribution in [2.24, 2.45) is 0 Å². The Kier molecular flexibility index (Phi) is 4.13. The highest BCUT2D eigenvalue weighted by Crippen LogP contribution is 2.35. The number of hydrogen-bond donors (Lipinski definition) is 1. The van der Waals surface area contributed by atoms with Crippen molar-refractivity contribution in [3.8, 4) is 0 Å². The van der Waals surface area contributed by atoms with E-state index in [1.807, 2.05) is 11.0 Å². The molecule has 2 aromatic rings. The minimum absolute atomic E-state index is 0.114. The van der Waals surface area contributed by atoms with E-state index in [1.54, 1.807) is 13.0 Å². The first-order chi connectivity index (χ1) is 10.7.